The van der Waals surface area contributed by atoms with Crippen molar-refractivity contribution in [2.24, 2.45) is 7.05 Å². The molecule has 6 nitrogen and oxygen atoms in total. The van der Waals surface area contributed by atoms with Gasteiger partial charge in [-0.05, 0) is 19.4 Å². The van der Waals surface area contributed by atoms with Gasteiger partial charge in [0.05, 0.1) is 11.6 Å². The van der Waals surface area contributed by atoms with Crippen molar-refractivity contribution in [3.63, 3.8) is 0 Å². The standard InChI is InChI=1S/C15H17N5O/c1-15(2,10-7-5-4-6-8-10)14-18-13(21-19-14)11-9-17-20(3)12(11)16/h4-9H,16H2,1-3H3. The first-order valence-corrected chi connectivity index (χ1v) is 6.67. The largest absolute Gasteiger partial charge is 0.383 e. The summed E-state index contributed by atoms with van der Waals surface area (Å²) in [6.45, 7) is 4.12. The minimum absolute atomic E-state index is 0.347. The topological polar surface area (TPSA) is 82.8 Å². The molecule has 1 aromatic carbocycles. The predicted molar refractivity (Wildman–Crippen MR) is 79.5 cm³/mol. The van der Waals surface area contributed by atoms with Gasteiger partial charge in [0.25, 0.3) is 5.89 Å². The van der Waals surface area contributed by atoms with E-state index in [1.54, 1.807) is 17.9 Å². The Hall–Kier alpha value is -2.63. The molecule has 0 aliphatic carbocycles. The molecule has 0 saturated carbocycles. The van der Waals surface area contributed by atoms with Crippen LogP contribution in [0, 0.1) is 0 Å². The highest BCUT2D eigenvalue weighted by Crippen LogP contribution is 2.31. The van der Waals surface area contributed by atoms with Crippen molar-refractivity contribution in [3.8, 4) is 11.5 Å². The zero-order valence-corrected chi connectivity index (χ0v) is 12.2. The molecule has 0 bridgehead atoms. The van der Waals surface area contributed by atoms with Gasteiger partial charge in [0, 0.05) is 7.05 Å². The molecule has 0 fully saturated rings. The number of nitrogen functional groups attached to an aromatic ring is 1. The minimum Gasteiger partial charge on any atom is -0.383 e. The molecule has 0 radical (unpaired) electrons. The van der Waals surface area contributed by atoms with E-state index in [0.29, 0.717) is 23.1 Å². The van der Waals surface area contributed by atoms with E-state index in [2.05, 4.69) is 41.2 Å². The van der Waals surface area contributed by atoms with Crippen molar-refractivity contribution in [2.75, 3.05) is 5.73 Å². The first-order chi connectivity index (χ1) is 10.00. The van der Waals surface area contributed by atoms with E-state index in [0.717, 1.165) is 5.56 Å². The summed E-state index contributed by atoms with van der Waals surface area (Å²) >= 11 is 0. The number of anilines is 1. The van der Waals surface area contributed by atoms with Crippen LogP contribution in [0.1, 0.15) is 25.2 Å². The molecule has 3 aromatic rings. The molecule has 0 aliphatic rings. The third kappa shape index (κ3) is 2.18. The highest BCUT2D eigenvalue weighted by molar-refractivity contribution is 5.66. The van der Waals surface area contributed by atoms with Gasteiger partial charge in [0.1, 0.15) is 11.4 Å². The Morgan fingerprint density at radius 3 is 2.52 bits per heavy atom. The number of benzene rings is 1. The number of rotatable bonds is 3. The fourth-order valence-corrected chi connectivity index (χ4v) is 2.18. The maximum Gasteiger partial charge on any atom is 0.263 e. The Bertz CT molecular complexity index is 757. The smallest absolute Gasteiger partial charge is 0.263 e. The fraction of sp³-hybridized carbons (Fsp3) is 0.267. The van der Waals surface area contributed by atoms with Gasteiger partial charge in [-0.1, -0.05) is 35.5 Å². The molecule has 6 heteroatoms. The van der Waals surface area contributed by atoms with Gasteiger partial charge in [-0.25, -0.2) is 0 Å². The zero-order chi connectivity index (χ0) is 15.0. The minimum atomic E-state index is -0.347. The van der Waals surface area contributed by atoms with E-state index in [1.807, 2.05) is 18.2 Å². The molecule has 2 N–H and O–H groups in total. The maximum absolute atomic E-state index is 5.94. The van der Waals surface area contributed by atoms with Crippen LogP contribution in [0.3, 0.4) is 0 Å². The van der Waals surface area contributed by atoms with Gasteiger partial charge < -0.3 is 10.3 Å². The molecule has 3 rings (SSSR count). The third-order valence-electron chi connectivity index (χ3n) is 3.70. The van der Waals surface area contributed by atoms with Crippen LogP contribution in [0.15, 0.2) is 41.1 Å². The van der Waals surface area contributed by atoms with Crippen molar-refractivity contribution in [2.45, 2.75) is 19.3 Å². The average molecular weight is 283 g/mol. The lowest BCUT2D eigenvalue weighted by Gasteiger charge is -2.20. The average Bonchev–Trinajstić information content (AvgIpc) is 3.09. The monoisotopic (exact) mass is 283 g/mol. The van der Waals surface area contributed by atoms with Gasteiger partial charge >= 0.3 is 0 Å². The van der Waals surface area contributed by atoms with Crippen LogP contribution in [0.5, 0.6) is 0 Å². The quantitative estimate of drug-likeness (QED) is 0.798. The van der Waals surface area contributed by atoms with Gasteiger partial charge in [0.2, 0.25) is 0 Å². The summed E-state index contributed by atoms with van der Waals surface area (Å²) in [5.74, 6) is 1.51. The molecule has 108 valence electrons. The van der Waals surface area contributed by atoms with Crippen LogP contribution in [-0.2, 0) is 12.5 Å². The van der Waals surface area contributed by atoms with Crippen molar-refractivity contribution < 1.29 is 4.52 Å². The molecular weight excluding hydrogens is 266 g/mol. The normalized spacial score (nSPS) is 11.8. The summed E-state index contributed by atoms with van der Waals surface area (Å²) in [6, 6.07) is 10.1. The van der Waals surface area contributed by atoms with E-state index < -0.39 is 0 Å². The molecule has 0 aliphatic heterocycles. The summed E-state index contributed by atoms with van der Waals surface area (Å²) in [7, 11) is 1.77. The molecule has 2 heterocycles. The Balaban J connectivity index is 2.00. The van der Waals surface area contributed by atoms with Crippen LogP contribution in [0.25, 0.3) is 11.5 Å². The Morgan fingerprint density at radius 1 is 1.19 bits per heavy atom. The van der Waals surface area contributed by atoms with Crippen LogP contribution in [0.4, 0.5) is 5.82 Å². The number of hydrogen-bond donors (Lipinski definition) is 1. The lowest BCUT2D eigenvalue weighted by molar-refractivity contribution is 0.408. The summed E-state index contributed by atoms with van der Waals surface area (Å²) in [5, 5.41) is 8.20. The van der Waals surface area contributed by atoms with E-state index in [9.17, 15) is 0 Å². The Labute approximate surface area is 122 Å². The van der Waals surface area contributed by atoms with E-state index in [-0.39, 0.29) is 5.41 Å². The molecular formula is C15H17N5O. The van der Waals surface area contributed by atoms with E-state index in [4.69, 9.17) is 10.3 Å². The summed E-state index contributed by atoms with van der Waals surface area (Å²) in [5.41, 5.74) is 7.36. The molecule has 0 amide bonds. The van der Waals surface area contributed by atoms with Crippen LogP contribution >= 0.6 is 0 Å². The van der Waals surface area contributed by atoms with Crippen LogP contribution in [-0.4, -0.2) is 19.9 Å². The van der Waals surface area contributed by atoms with Crippen molar-refractivity contribution in [3.05, 3.63) is 47.9 Å². The summed E-state index contributed by atoms with van der Waals surface area (Å²) < 4.78 is 6.93. The van der Waals surface area contributed by atoms with Crippen molar-refractivity contribution in [1.29, 1.82) is 0 Å². The number of aryl methyl sites for hydroxylation is 1. The van der Waals surface area contributed by atoms with Gasteiger partial charge in [-0.15, -0.1) is 0 Å². The zero-order valence-electron chi connectivity index (χ0n) is 12.2. The molecule has 2 aromatic heterocycles. The van der Waals surface area contributed by atoms with Crippen molar-refractivity contribution in [1.82, 2.24) is 19.9 Å². The molecule has 0 atom stereocenters. The first kappa shape index (κ1) is 13.4. The van der Waals surface area contributed by atoms with Crippen molar-refractivity contribution >= 4 is 5.82 Å². The second-order valence-electron chi connectivity index (χ2n) is 5.48. The predicted octanol–water partition coefficient (Wildman–Crippen LogP) is 2.38. The first-order valence-electron chi connectivity index (χ1n) is 6.67. The second-order valence-corrected chi connectivity index (χ2v) is 5.48. The molecule has 21 heavy (non-hydrogen) atoms. The highest BCUT2D eigenvalue weighted by Gasteiger charge is 2.29. The number of nitrogens with two attached hydrogens (primary N) is 1. The van der Waals surface area contributed by atoms with Gasteiger partial charge in [0.15, 0.2) is 5.82 Å². The number of aromatic nitrogens is 4. The maximum atomic E-state index is 5.94. The Morgan fingerprint density at radius 2 is 1.90 bits per heavy atom. The number of hydrogen-bond acceptors (Lipinski definition) is 5. The van der Waals surface area contributed by atoms with Gasteiger partial charge in [-0.2, -0.15) is 10.1 Å². The third-order valence-corrected chi connectivity index (χ3v) is 3.70. The van der Waals surface area contributed by atoms with E-state index in [1.165, 1.54) is 0 Å². The van der Waals surface area contributed by atoms with Gasteiger partial charge in [-0.3, -0.25) is 4.68 Å². The lowest BCUT2D eigenvalue weighted by atomic mass is 9.84. The molecule has 0 spiro atoms. The Kier molecular flexibility index (Phi) is 3.01. The second kappa shape index (κ2) is 4.73. The summed E-state index contributed by atoms with van der Waals surface area (Å²) in [6.07, 6.45) is 1.63. The summed E-state index contributed by atoms with van der Waals surface area (Å²) in [4.78, 5) is 4.49. The lowest BCUT2D eigenvalue weighted by Crippen LogP contribution is -2.20. The van der Waals surface area contributed by atoms with Crippen LogP contribution in [0.2, 0.25) is 0 Å². The number of nitrogens with zero attached hydrogens (tertiary/aromatic N) is 4. The fourth-order valence-electron chi connectivity index (χ4n) is 2.18. The highest BCUT2D eigenvalue weighted by atomic mass is 16.5. The van der Waals surface area contributed by atoms with Crippen LogP contribution < -0.4 is 5.73 Å². The molecule has 0 saturated heterocycles. The molecule has 0 unspecified atom stereocenters. The van der Waals surface area contributed by atoms with E-state index >= 15 is 0 Å². The SMILES string of the molecule is Cn1ncc(-c2nc(C(C)(C)c3ccccc3)no2)c1N.